The first kappa shape index (κ1) is 17.7. The van der Waals surface area contributed by atoms with Gasteiger partial charge >= 0.3 is 0 Å². The zero-order chi connectivity index (χ0) is 17.6. The predicted octanol–water partition coefficient (Wildman–Crippen LogP) is 5.96. The molecule has 0 aliphatic heterocycles. The van der Waals surface area contributed by atoms with Crippen LogP contribution in [0, 0.1) is 0 Å². The van der Waals surface area contributed by atoms with Crippen molar-refractivity contribution in [3.63, 3.8) is 0 Å². The maximum atomic E-state index is 6.21. The minimum Gasteiger partial charge on any atom is -0.494 e. The molecule has 0 amide bonds. The molecule has 0 saturated carbocycles. The topological polar surface area (TPSA) is 46.5 Å². The number of hydrazone groups is 1. The van der Waals surface area contributed by atoms with Gasteiger partial charge in [-0.2, -0.15) is 5.10 Å². The second-order valence-corrected chi connectivity index (χ2v) is 6.74. The molecular weight excluding hydrogens is 377 g/mol. The zero-order valence-corrected chi connectivity index (χ0v) is 15.7. The summed E-state index contributed by atoms with van der Waals surface area (Å²) >= 11 is 13.6. The second kappa shape index (κ2) is 8.34. The number of nitrogens with zero attached hydrogens (tertiary/aromatic N) is 2. The van der Waals surface area contributed by atoms with E-state index < -0.39 is 0 Å². The monoisotopic (exact) mass is 391 g/mol. The molecule has 7 heteroatoms. The summed E-state index contributed by atoms with van der Waals surface area (Å²) in [5, 5.41) is 7.98. The van der Waals surface area contributed by atoms with E-state index in [0.717, 1.165) is 22.6 Å². The predicted molar refractivity (Wildman–Crippen MR) is 106 cm³/mol. The van der Waals surface area contributed by atoms with Crippen LogP contribution in [0.1, 0.15) is 12.5 Å². The number of thiazole rings is 1. The summed E-state index contributed by atoms with van der Waals surface area (Å²) in [5.41, 5.74) is 5.52. The van der Waals surface area contributed by atoms with Gasteiger partial charge in [-0.3, -0.25) is 5.43 Å². The van der Waals surface area contributed by atoms with E-state index in [1.54, 1.807) is 18.3 Å². The van der Waals surface area contributed by atoms with Crippen molar-refractivity contribution in [2.45, 2.75) is 6.92 Å². The average Bonchev–Trinajstić information content (AvgIpc) is 3.05. The third-order valence-corrected chi connectivity index (χ3v) is 4.57. The van der Waals surface area contributed by atoms with Gasteiger partial charge in [0.05, 0.1) is 23.5 Å². The van der Waals surface area contributed by atoms with E-state index in [-0.39, 0.29) is 0 Å². The van der Waals surface area contributed by atoms with E-state index in [9.17, 15) is 0 Å². The summed E-state index contributed by atoms with van der Waals surface area (Å²) < 4.78 is 5.41. The summed E-state index contributed by atoms with van der Waals surface area (Å²) in [7, 11) is 0. The molecule has 3 aromatic rings. The van der Waals surface area contributed by atoms with E-state index in [4.69, 9.17) is 27.9 Å². The summed E-state index contributed by atoms with van der Waals surface area (Å²) in [6, 6.07) is 13.1. The van der Waals surface area contributed by atoms with Gasteiger partial charge < -0.3 is 4.74 Å². The Hall–Kier alpha value is -2.08. The molecule has 4 nitrogen and oxygen atoms in total. The molecule has 1 N–H and O–H groups in total. The van der Waals surface area contributed by atoms with E-state index in [1.165, 1.54) is 11.3 Å². The molecule has 3 rings (SSSR count). The normalized spacial score (nSPS) is 11.0. The van der Waals surface area contributed by atoms with Gasteiger partial charge in [0.1, 0.15) is 5.75 Å². The van der Waals surface area contributed by atoms with Crippen molar-refractivity contribution in [1.82, 2.24) is 4.98 Å². The molecule has 0 saturated heterocycles. The van der Waals surface area contributed by atoms with Crippen LogP contribution in [0.5, 0.6) is 5.75 Å². The van der Waals surface area contributed by atoms with Gasteiger partial charge in [-0.25, -0.2) is 4.98 Å². The molecule has 1 heterocycles. The highest BCUT2D eigenvalue weighted by Crippen LogP contribution is 2.32. The van der Waals surface area contributed by atoms with Crippen LogP contribution in [0.2, 0.25) is 10.0 Å². The Bertz CT molecular complexity index is 878. The van der Waals surface area contributed by atoms with Crippen LogP contribution < -0.4 is 10.2 Å². The Balaban J connectivity index is 1.65. The van der Waals surface area contributed by atoms with Gasteiger partial charge in [-0.15, -0.1) is 11.3 Å². The maximum Gasteiger partial charge on any atom is 0.203 e. The summed E-state index contributed by atoms with van der Waals surface area (Å²) in [6.45, 7) is 2.61. The van der Waals surface area contributed by atoms with Crippen molar-refractivity contribution in [2.24, 2.45) is 5.10 Å². The van der Waals surface area contributed by atoms with Crippen LogP contribution in [0.15, 0.2) is 52.9 Å². The number of nitrogens with one attached hydrogen (secondary N) is 1. The molecule has 0 bridgehead atoms. The quantitative estimate of drug-likeness (QED) is 0.416. The van der Waals surface area contributed by atoms with Gasteiger partial charge in [0.25, 0.3) is 0 Å². The van der Waals surface area contributed by atoms with E-state index >= 15 is 0 Å². The summed E-state index contributed by atoms with van der Waals surface area (Å²) in [4.78, 5) is 4.49. The number of rotatable bonds is 6. The Kier molecular flexibility index (Phi) is 5.91. The Morgan fingerprint density at radius 1 is 1.20 bits per heavy atom. The number of benzene rings is 2. The third-order valence-electron chi connectivity index (χ3n) is 3.28. The number of hydrogen-bond donors (Lipinski definition) is 1. The molecular formula is C18H15Cl2N3OS. The molecule has 128 valence electrons. The Morgan fingerprint density at radius 3 is 2.72 bits per heavy atom. The van der Waals surface area contributed by atoms with Crippen molar-refractivity contribution < 1.29 is 4.74 Å². The molecule has 0 aliphatic carbocycles. The number of halogens is 2. The van der Waals surface area contributed by atoms with E-state index in [0.29, 0.717) is 21.8 Å². The van der Waals surface area contributed by atoms with Crippen molar-refractivity contribution in [2.75, 3.05) is 12.0 Å². The zero-order valence-electron chi connectivity index (χ0n) is 13.4. The highest BCUT2D eigenvalue weighted by molar-refractivity contribution is 7.14. The molecule has 0 atom stereocenters. The lowest BCUT2D eigenvalue weighted by Crippen LogP contribution is -1.92. The standard InChI is InChI=1S/C18H15Cl2N3OS/c1-2-24-14-6-3-12(4-7-14)10-21-23-18-22-17(11-25-18)15-8-5-13(19)9-16(15)20/h3-11H,2H2,1H3,(H,22,23)/b21-10-. The smallest absolute Gasteiger partial charge is 0.203 e. The fraction of sp³-hybridized carbons (Fsp3) is 0.111. The van der Waals surface area contributed by atoms with Crippen molar-refractivity contribution in [3.8, 4) is 17.0 Å². The molecule has 25 heavy (non-hydrogen) atoms. The number of anilines is 1. The first-order valence-corrected chi connectivity index (χ1v) is 9.22. The number of aromatic nitrogens is 1. The molecule has 0 spiro atoms. The molecule has 0 fully saturated rings. The highest BCUT2D eigenvalue weighted by atomic mass is 35.5. The summed E-state index contributed by atoms with van der Waals surface area (Å²) in [6.07, 6.45) is 1.73. The lowest BCUT2D eigenvalue weighted by molar-refractivity contribution is 0.340. The van der Waals surface area contributed by atoms with Gasteiger partial charge in [0.15, 0.2) is 0 Å². The van der Waals surface area contributed by atoms with Crippen LogP contribution in [0.3, 0.4) is 0 Å². The van der Waals surface area contributed by atoms with E-state index in [2.05, 4.69) is 15.5 Å². The molecule has 0 aliphatic rings. The lowest BCUT2D eigenvalue weighted by Gasteiger charge is -2.02. The van der Waals surface area contributed by atoms with Gasteiger partial charge in [0, 0.05) is 16.0 Å². The highest BCUT2D eigenvalue weighted by Gasteiger charge is 2.08. The van der Waals surface area contributed by atoms with Gasteiger partial charge in [-0.05, 0) is 55.0 Å². The molecule has 1 aromatic heterocycles. The van der Waals surface area contributed by atoms with Gasteiger partial charge in [0.2, 0.25) is 5.13 Å². The molecule has 0 unspecified atom stereocenters. The minimum absolute atomic E-state index is 0.572. The first-order chi connectivity index (χ1) is 12.2. The average molecular weight is 392 g/mol. The van der Waals surface area contributed by atoms with Crippen LogP contribution in [-0.4, -0.2) is 17.8 Å². The third kappa shape index (κ3) is 4.72. The molecule has 2 aromatic carbocycles. The largest absolute Gasteiger partial charge is 0.494 e. The number of hydrogen-bond acceptors (Lipinski definition) is 5. The van der Waals surface area contributed by atoms with Crippen LogP contribution in [0.25, 0.3) is 11.3 Å². The van der Waals surface area contributed by atoms with Crippen molar-refractivity contribution >= 4 is 45.9 Å². The van der Waals surface area contributed by atoms with Crippen molar-refractivity contribution in [1.29, 1.82) is 0 Å². The van der Waals surface area contributed by atoms with Gasteiger partial charge in [-0.1, -0.05) is 23.2 Å². The van der Waals surface area contributed by atoms with Crippen LogP contribution in [-0.2, 0) is 0 Å². The van der Waals surface area contributed by atoms with Crippen molar-refractivity contribution in [3.05, 3.63) is 63.5 Å². The summed E-state index contributed by atoms with van der Waals surface area (Å²) in [5.74, 6) is 0.844. The Morgan fingerprint density at radius 2 is 2.00 bits per heavy atom. The SMILES string of the molecule is CCOc1ccc(/C=N\Nc2nc(-c3ccc(Cl)cc3Cl)cs2)cc1. The minimum atomic E-state index is 0.572. The molecule has 0 radical (unpaired) electrons. The lowest BCUT2D eigenvalue weighted by atomic mass is 10.2. The van der Waals surface area contributed by atoms with E-state index in [1.807, 2.05) is 42.6 Å². The second-order valence-electron chi connectivity index (χ2n) is 5.03. The fourth-order valence-corrected chi connectivity index (χ4v) is 3.29. The Labute approximate surface area is 160 Å². The maximum absolute atomic E-state index is 6.21. The fourth-order valence-electron chi connectivity index (χ4n) is 2.12. The van der Waals surface area contributed by atoms with Crippen LogP contribution in [0.4, 0.5) is 5.13 Å². The first-order valence-electron chi connectivity index (χ1n) is 7.58. The number of ether oxygens (including phenoxy) is 1. The van der Waals surface area contributed by atoms with Crippen LogP contribution >= 0.6 is 34.5 Å².